The van der Waals surface area contributed by atoms with Crippen molar-refractivity contribution in [3.8, 4) is 0 Å². The van der Waals surface area contributed by atoms with Crippen LogP contribution < -0.4 is 5.56 Å². The van der Waals surface area contributed by atoms with Gasteiger partial charge in [-0.1, -0.05) is 22.0 Å². The number of hydrogen-bond acceptors (Lipinski definition) is 1. The van der Waals surface area contributed by atoms with Gasteiger partial charge < -0.3 is 4.57 Å². The molecule has 0 unspecified atom stereocenters. The normalized spacial score (nSPS) is 10.0. The molecule has 60 valence electrons. The van der Waals surface area contributed by atoms with Crippen LogP contribution in [0, 0.1) is 6.92 Å². The second-order valence-electron chi connectivity index (χ2n) is 2.38. The largest absolute Gasteiger partial charge is 0.314 e. The molecular formula is C8H10BrNO. The molecule has 0 spiro atoms. The zero-order valence-corrected chi connectivity index (χ0v) is 7.97. The third-order valence-corrected chi connectivity index (χ3v) is 1.89. The molecule has 0 aliphatic rings. The summed E-state index contributed by atoms with van der Waals surface area (Å²) in [6.07, 6.45) is 1.80. The molecule has 3 heteroatoms. The summed E-state index contributed by atoms with van der Waals surface area (Å²) in [6.45, 7) is 2.56. The van der Waals surface area contributed by atoms with Crippen LogP contribution in [0.25, 0.3) is 0 Å². The third kappa shape index (κ3) is 1.93. The summed E-state index contributed by atoms with van der Waals surface area (Å²) in [4.78, 5) is 11.3. The van der Waals surface area contributed by atoms with Gasteiger partial charge in [0.05, 0.1) is 0 Å². The number of aromatic nitrogens is 1. The van der Waals surface area contributed by atoms with Crippen molar-refractivity contribution in [2.75, 3.05) is 5.33 Å². The van der Waals surface area contributed by atoms with E-state index < -0.39 is 0 Å². The second kappa shape index (κ2) is 3.72. The Balaban J connectivity index is 3.07. The Kier molecular flexibility index (Phi) is 2.88. The number of nitrogens with zero attached hydrogens (tertiary/aromatic N) is 1. The summed E-state index contributed by atoms with van der Waals surface area (Å²) in [6, 6.07) is 3.71. The Morgan fingerprint density at radius 1 is 1.64 bits per heavy atom. The number of alkyl halides is 1. The molecule has 2 nitrogen and oxygen atoms in total. The van der Waals surface area contributed by atoms with Crippen molar-refractivity contribution in [2.24, 2.45) is 0 Å². The smallest absolute Gasteiger partial charge is 0.253 e. The maximum absolute atomic E-state index is 11.3. The molecule has 0 aliphatic heterocycles. The molecule has 0 amide bonds. The molecule has 0 radical (unpaired) electrons. The Labute approximate surface area is 74.0 Å². The molecular weight excluding hydrogens is 206 g/mol. The van der Waals surface area contributed by atoms with Gasteiger partial charge in [-0.05, 0) is 13.0 Å². The predicted octanol–water partition coefficient (Wildman–Crippen LogP) is 1.55. The first-order chi connectivity index (χ1) is 5.25. The Morgan fingerprint density at radius 3 is 3.00 bits per heavy atom. The monoisotopic (exact) mass is 215 g/mol. The molecule has 0 saturated heterocycles. The summed E-state index contributed by atoms with van der Waals surface area (Å²) in [7, 11) is 0. The van der Waals surface area contributed by atoms with Crippen LogP contribution in [0.1, 0.15) is 5.56 Å². The lowest BCUT2D eigenvalue weighted by molar-refractivity contribution is 0.732. The zero-order chi connectivity index (χ0) is 8.27. The maximum Gasteiger partial charge on any atom is 0.253 e. The molecule has 0 aliphatic carbocycles. The number of pyridine rings is 1. The molecule has 1 rings (SSSR count). The SMILES string of the molecule is Cc1cccn(CCBr)c1=O. The molecule has 1 aromatic heterocycles. The Morgan fingerprint density at radius 2 is 2.36 bits per heavy atom. The van der Waals surface area contributed by atoms with Crippen molar-refractivity contribution in [3.63, 3.8) is 0 Å². The van der Waals surface area contributed by atoms with Crippen LogP contribution in [0.15, 0.2) is 23.1 Å². The second-order valence-corrected chi connectivity index (χ2v) is 3.17. The fourth-order valence-electron chi connectivity index (χ4n) is 0.924. The molecule has 0 saturated carbocycles. The van der Waals surface area contributed by atoms with Gasteiger partial charge in [0.25, 0.3) is 5.56 Å². The standard InChI is InChI=1S/C8H10BrNO/c1-7-3-2-5-10(6-4-9)8(7)11/h2-3,5H,4,6H2,1H3. The minimum absolute atomic E-state index is 0.104. The zero-order valence-electron chi connectivity index (χ0n) is 6.38. The lowest BCUT2D eigenvalue weighted by Crippen LogP contribution is -2.21. The van der Waals surface area contributed by atoms with E-state index in [1.165, 1.54) is 0 Å². The summed E-state index contributed by atoms with van der Waals surface area (Å²) in [5.74, 6) is 0. The van der Waals surface area contributed by atoms with Crippen molar-refractivity contribution >= 4 is 15.9 Å². The highest BCUT2D eigenvalue weighted by atomic mass is 79.9. The van der Waals surface area contributed by atoms with Gasteiger partial charge in [-0.2, -0.15) is 0 Å². The van der Waals surface area contributed by atoms with Crippen LogP contribution in [0.4, 0.5) is 0 Å². The van der Waals surface area contributed by atoms with E-state index in [1.54, 1.807) is 10.8 Å². The van der Waals surface area contributed by atoms with E-state index in [0.717, 1.165) is 17.4 Å². The van der Waals surface area contributed by atoms with E-state index >= 15 is 0 Å². The van der Waals surface area contributed by atoms with Crippen LogP contribution in [0.5, 0.6) is 0 Å². The van der Waals surface area contributed by atoms with Crippen LogP contribution >= 0.6 is 15.9 Å². The van der Waals surface area contributed by atoms with E-state index in [2.05, 4.69) is 15.9 Å². The highest BCUT2D eigenvalue weighted by Gasteiger charge is 1.95. The highest BCUT2D eigenvalue weighted by Crippen LogP contribution is 1.90. The van der Waals surface area contributed by atoms with Crippen LogP contribution in [0.2, 0.25) is 0 Å². The number of halogens is 1. The average Bonchev–Trinajstić information content (AvgIpc) is 1.99. The minimum Gasteiger partial charge on any atom is -0.314 e. The van der Waals surface area contributed by atoms with Crippen LogP contribution in [0.3, 0.4) is 0 Å². The van der Waals surface area contributed by atoms with Crippen molar-refractivity contribution < 1.29 is 0 Å². The van der Waals surface area contributed by atoms with Gasteiger partial charge in [0.2, 0.25) is 0 Å². The molecule has 0 fully saturated rings. The van der Waals surface area contributed by atoms with Gasteiger partial charge in [0.15, 0.2) is 0 Å². The molecule has 1 heterocycles. The van der Waals surface area contributed by atoms with E-state index in [4.69, 9.17) is 0 Å². The first-order valence-corrected chi connectivity index (χ1v) is 4.60. The first kappa shape index (κ1) is 8.53. The lowest BCUT2D eigenvalue weighted by Gasteiger charge is -2.01. The van der Waals surface area contributed by atoms with Crippen molar-refractivity contribution in [3.05, 3.63) is 34.2 Å². The molecule has 11 heavy (non-hydrogen) atoms. The van der Waals surface area contributed by atoms with E-state index in [1.807, 2.05) is 19.1 Å². The van der Waals surface area contributed by atoms with Crippen molar-refractivity contribution in [1.29, 1.82) is 0 Å². The maximum atomic E-state index is 11.3. The van der Waals surface area contributed by atoms with Crippen LogP contribution in [-0.4, -0.2) is 9.90 Å². The number of hydrogen-bond donors (Lipinski definition) is 0. The molecule has 0 atom stereocenters. The minimum atomic E-state index is 0.104. The number of aryl methyl sites for hydroxylation is 2. The molecule has 0 bridgehead atoms. The Hall–Kier alpha value is -0.570. The number of rotatable bonds is 2. The van der Waals surface area contributed by atoms with Gasteiger partial charge in [-0.3, -0.25) is 4.79 Å². The highest BCUT2D eigenvalue weighted by molar-refractivity contribution is 9.09. The third-order valence-electron chi connectivity index (χ3n) is 1.54. The average molecular weight is 216 g/mol. The van der Waals surface area contributed by atoms with E-state index in [0.29, 0.717) is 0 Å². The quantitative estimate of drug-likeness (QED) is 0.687. The van der Waals surface area contributed by atoms with Gasteiger partial charge in [0, 0.05) is 23.6 Å². The summed E-state index contributed by atoms with van der Waals surface area (Å²) in [5, 5.41) is 0.816. The molecule has 0 N–H and O–H groups in total. The van der Waals surface area contributed by atoms with Gasteiger partial charge in [-0.25, -0.2) is 0 Å². The van der Waals surface area contributed by atoms with Gasteiger partial charge in [0.1, 0.15) is 0 Å². The predicted molar refractivity (Wildman–Crippen MR) is 49.2 cm³/mol. The summed E-state index contributed by atoms with van der Waals surface area (Å²) < 4.78 is 1.70. The van der Waals surface area contributed by atoms with E-state index in [-0.39, 0.29) is 5.56 Å². The van der Waals surface area contributed by atoms with Gasteiger partial charge in [-0.15, -0.1) is 0 Å². The topological polar surface area (TPSA) is 22.0 Å². The summed E-state index contributed by atoms with van der Waals surface area (Å²) >= 11 is 3.29. The van der Waals surface area contributed by atoms with E-state index in [9.17, 15) is 4.79 Å². The fraction of sp³-hybridized carbons (Fsp3) is 0.375. The Bertz CT molecular complexity index is 292. The van der Waals surface area contributed by atoms with Crippen molar-refractivity contribution in [1.82, 2.24) is 4.57 Å². The fourth-order valence-corrected chi connectivity index (χ4v) is 1.31. The lowest BCUT2D eigenvalue weighted by atomic mass is 10.3. The molecule has 1 aromatic rings. The molecule has 0 aromatic carbocycles. The van der Waals surface area contributed by atoms with Crippen LogP contribution in [-0.2, 0) is 6.54 Å². The van der Waals surface area contributed by atoms with Gasteiger partial charge >= 0.3 is 0 Å². The first-order valence-electron chi connectivity index (χ1n) is 3.47. The summed E-state index contributed by atoms with van der Waals surface area (Å²) in [5.41, 5.74) is 0.903. The van der Waals surface area contributed by atoms with Crippen molar-refractivity contribution in [2.45, 2.75) is 13.5 Å².